The van der Waals surface area contributed by atoms with E-state index in [1.54, 1.807) is 12.1 Å². The number of aryl methyl sites for hydroxylation is 2. The number of carbonyl (C=O) groups is 1. The van der Waals surface area contributed by atoms with Gasteiger partial charge in [0.25, 0.3) is 0 Å². The molecule has 0 spiro atoms. The summed E-state index contributed by atoms with van der Waals surface area (Å²) in [5.41, 5.74) is 2.31. The smallest absolute Gasteiger partial charge is 0.335 e. The van der Waals surface area contributed by atoms with Gasteiger partial charge in [-0.3, -0.25) is 0 Å². The van der Waals surface area contributed by atoms with Crippen LogP contribution in [0.2, 0.25) is 0 Å². The monoisotopic (exact) mass is 288 g/mol. The maximum atomic E-state index is 13.3. The average molecular weight is 288 g/mol. The predicted molar refractivity (Wildman–Crippen MR) is 79.6 cm³/mol. The summed E-state index contributed by atoms with van der Waals surface area (Å²) in [5.74, 6) is -0.952. The zero-order chi connectivity index (χ0) is 15.4. The van der Waals surface area contributed by atoms with Crippen molar-refractivity contribution in [1.82, 2.24) is 4.98 Å². The standard InChI is InChI=1S/C16H17FN2O2/c1-3-4-13-7-11(16(20)21)8-15(18-13)19-14-9-12(17)6-5-10(14)2/h5-9H,3-4H2,1-2H3,(H,18,19)(H,20,21). The lowest BCUT2D eigenvalue weighted by atomic mass is 10.1. The molecular weight excluding hydrogens is 271 g/mol. The molecule has 5 heteroatoms. The zero-order valence-corrected chi connectivity index (χ0v) is 12.0. The highest BCUT2D eigenvalue weighted by molar-refractivity contribution is 5.88. The Labute approximate surface area is 122 Å². The Morgan fingerprint density at radius 2 is 2.10 bits per heavy atom. The van der Waals surface area contributed by atoms with E-state index in [0.29, 0.717) is 23.6 Å². The molecule has 0 saturated carbocycles. The van der Waals surface area contributed by atoms with Gasteiger partial charge in [0.2, 0.25) is 0 Å². The van der Waals surface area contributed by atoms with Crippen molar-refractivity contribution in [3.05, 3.63) is 53.0 Å². The van der Waals surface area contributed by atoms with Gasteiger partial charge in [0.05, 0.1) is 5.56 Å². The first-order chi connectivity index (χ1) is 9.99. The molecule has 1 aromatic heterocycles. The van der Waals surface area contributed by atoms with Gasteiger partial charge < -0.3 is 10.4 Å². The molecule has 0 bridgehead atoms. The van der Waals surface area contributed by atoms with Crippen LogP contribution in [0.15, 0.2) is 30.3 Å². The van der Waals surface area contributed by atoms with Crippen LogP contribution >= 0.6 is 0 Å². The van der Waals surface area contributed by atoms with Gasteiger partial charge in [-0.1, -0.05) is 19.4 Å². The van der Waals surface area contributed by atoms with Gasteiger partial charge in [-0.2, -0.15) is 0 Å². The van der Waals surface area contributed by atoms with Gasteiger partial charge in [-0.25, -0.2) is 14.2 Å². The molecule has 0 saturated heterocycles. The highest BCUT2D eigenvalue weighted by Gasteiger charge is 2.09. The number of hydrogen-bond acceptors (Lipinski definition) is 3. The highest BCUT2D eigenvalue weighted by Crippen LogP contribution is 2.22. The van der Waals surface area contributed by atoms with E-state index in [9.17, 15) is 9.18 Å². The number of benzene rings is 1. The number of hydrogen-bond donors (Lipinski definition) is 2. The fourth-order valence-electron chi connectivity index (χ4n) is 2.03. The summed E-state index contributed by atoms with van der Waals surface area (Å²) in [7, 11) is 0. The molecular formula is C16H17FN2O2. The molecule has 0 unspecified atom stereocenters. The van der Waals surface area contributed by atoms with E-state index < -0.39 is 5.97 Å². The lowest BCUT2D eigenvalue weighted by Gasteiger charge is -2.11. The molecule has 110 valence electrons. The van der Waals surface area contributed by atoms with Crippen LogP contribution in [0.3, 0.4) is 0 Å². The first-order valence-corrected chi connectivity index (χ1v) is 6.77. The molecule has 0 amide bonds. The second-order valence-electron chi connectivity index (χ2n) is 4.87. The summed E-state index contributed by atoms with van der Waals surface area (Å²) in [6.45, 7) is 3.84. The van der Waals surface area contributed by atoms with Crippen molar-refractivity contribution in [3.8, 4) is 0 Å². The molecule has 1 heterocycles. The Kier molecular flexibility index (Phi) is 4.52. The fourth-order valence-corrected chi connectivity index (χ4v) is 2.03. The fraction of sp³-hybridized carbons (Fsp3) is 0.250. The normalized spacial score (nSPS) is 10.4. The number of aromatic carboxylic acids is 1. The Morgan fingerprint density at radius 3 is 2.76 bits per heavy atom. The molecule has 0 atom stereocenters. The number of pyridine rings is 1. The van der Waals surface area contributed by atoms with Crippen molar-refractivity contribution in [2.45, 2.75) is 26.7 Å². The predicted octanol–water partition coefficient (Wildman–Crippen LogP) is 3.92. The quantitative estimate of drug-likeness (QED) is 0.875. The number of anilines is 2. The lowest BCUT2D eigenvalue weighted by Crippen LogP contribution is -2.04. The van der Waals surface area contributed by atoms with E-state index in [1.807, 2.05) is 13.8 Å². The molecule has 0 aliphatic heterocycles. The van der Waals surface area contributed by atoms with Crippen LogP contribution in [0.4, 0.5) is 15.9 Å². The number of nitrogens with zero attached hydrogens (tertiary/aromatic N) is 1. The lowest BCUT2D eigenvalue weighted by molar-refractivity contribution is 0.0696. The molecule has 2 aromatic rings. The van der Waals surface area contributed by atoms with Gasteiger partial charge in [-0.15, -0.1) is 0 Å². The third-order valence-electron chi connectivity index (χ3n) is 3.09. The topological polar surface area (TPSA) is 62.2 Å². The molecule has 4 nitrogen and oxygen atoms in total. The maximum absolute atomic E-state index is 13.3. The van der Waals surface area contributed by atoms with Crippen molar-refractivity contribution in [3.63, 3.8) is 0 Å². The maximum Gasteiger partial charge on any atom is 0.335 e. The molecule has 2 N–H and O–H groups in total. The van der Waals surface area contributed by atoms with Crippen molar-refractivity contribution < 1.29 is 14.3 Å². The molecule has 0 aliphatic carbocycles. The first-order valence-electron chi connectivity index (χ1n) is 6.77. The average Bonchev–Trinajstić information content (AvgIpc) is 2.43. The summed E-state index contributed by atoms with van der Waals surface area (Å²) >= 11 is 0. The number of nitrogens with one attached hydrogen (secondary N) is 1. The van der Waals surface area contributed by atoms with Gasteiger partial charge in [0.15, 0.2) is 0 Å². The number of aromatic nitrogens is 1. The molecule has 0 radical (unpaired) electrons. The van der Waals surface area contributed by atoms with Crippen molar-refractivity contribution in [1.29, 1.82) is 0 Å². The number of carboxylic acid groups (broad SMARTS) is 1. The van der Waals surface area contributed by atoms with Crippen LogP contribution in [0.25, 0.3) is 0 Å². The number of carboxylic acids is 1. The van der Waals surface area contributed by atoms with Crippen LogP contribution in [-0.4, -0.2) is 16.1 Å². The van der Waals surface area contributed by atoms with E-state index in [-0.39, 0.29) is 11.4 Å². The minimum absolute atomic E-state index is 0.171. The van der Waals surface area contributed by atoms with E-state index in [0.717, 1.165) is 12.0 Å². The van der Waals surface area contributed by atoms with Crippen LogP contribution in [0, 0.1) is 12.7 Å². The van der Waals surface area contributed by atoms with Crippen molar-refractivity contribution in [2.75, 3.05) is 5.32 Å². The Morgan fingerprint density at radius 1 is 1.33 bits per heavy atom. The molecule has 0 fully saturated rings. The van der Waals surface area contributed by atoms with Gasteiger partial charge >= 0.3 is 5.97 Å². The summed E-state index contributed by atoms with van der Waals surface area (Å²) in [4.78, 5) is 15.5. The minimum atomic E-state index is -1.01. The molecule has 21 heavy (non-hydrogen) atoms. The summed E-state index contributed by atoms with van der Waals surface area (Å²) in [6, 6.07) is 7.42. The summed E-state index contributed by atoms with van der Waals surface area (Å²) in [5, 5.41) is 12.1. The van der Waals surface area contributed by atoms with Crippen LogP contribution in [-0.2, 0) is 6.42 Å². The SMILES string of the molecule is CCCc1cc(C(=O)O)cc(Nc2cc(F)ccc2C)n1. The highest BCUT2D eigenvalue weighted by atomic mass is 19.1. The number of rotatable bonds is 5. The third kappa shape index (κ3) is 3.78. The van der Waals surface area contributed by atoms with Crippen LogP contribution < -0.4 is 5.32 Å². The van der Waals surface area contributed by atoms with E-state index in [4.69, 9.17) is 5.11 Å². The van der Waals surface area contributed by atoms with Crippen molar-refractivity contribution >= 4 is 17.5 Å². The van der Waals surface area contributed by atoms with Gasteiger partial charge in [-0.05, 0) is 43.2 Å². The zero-order valence-electron chi connectivity index (χ0n) is 12.0. The summed E-state index contributed by atoms with van der Waals surface area (Å²) < 4.78 is 13.3. The Balaban J connectivity index is 2.38. The third-order valence-corrected chi connectivity index (χ3v) is 3.09. The second-order valence-corrected chi connectivity index (χ2v) is 4.87. The molecule has 0 aliphatic rings. The van der Waals surface area contributed by atoms with Crippen LogP contribution in [0.5, 0.6) is 0 Å². The van der Waals surface area contributed by atoms with E-state index >= 15 is 0 Å². The van der Waals surface area contributed by atoms with Crippen molar-refractivity contribution in [2.24, 2.45) is 0 Å². The Bertz CT molecular complexity index is 671. The summed E-state index contributed by atoms with van der Waals surface area (Å²) in [6.07, 6.45) is 1.56. The molecule has 2 rings (SSSR count). The second kappa shape index (κ2) is 6.35. The molecule has 1 aromatic carbocycles. The minimum Gasteiger partial charge on any atom is -0.478 e. The van der Waals surface area contributed by atoms with Gasteiger partial charge in [0, 0.05) is 11.4 Å². The van der Waals surface area contributed by atoms with Crippen LogP contribution in [0.1, 0.15) is 35.0 Å². The largest absolute Gasteiger partial charge is 0.478 e. The Hall–Kier alpha value is -2.43. The number of halogens is 1. The first kappa shape index (κ1) is 15.0. The van der Waals surface area contributed by atoms with E-state index in [2.05, 4.69) is 10.3 Å². The van der Waals surface area contributed by atoms with E-state index in [1.165, 1.54) is 18.2 Å². The van der Waals surface area contributed by atoms with Gasteiger partial charge in [0.1, 0.15) is 11.6 Å².